The van der Waals surface area contributed by atoms with E-state index in [4.69, 9.17) is 0 Å². The molecule has 1 aliphatic carbocycles. The maximum Gasteiger partial charge on any atom is 0.255 e. The zero-order valence-corrected chi connectivity index (χ0v) is 13.5. The fourth-order valence-electron chi connectivity index (χ4n) is 2.90. The molecule has 0 saturated carbocycles. The number of amides is 1. The van der Waals surface area contributed by atoms with Crippen molar-refractivity contribution in [2.24, 2.45) is 0 Å². The summed E-state index contributed by atoms with van der Waals surface area (Å²) in [5, 5.41) is 0. The molecular formula is C17H16INO. The van der Waals surface area contributed by atoms with Gasteiger partial charge in [-0.05, 0) is 58.7 Å². The minimum absolute atomic E-state index is 0.108. The number of hydrogen-bond donors (Lipinski definition) is 0. The molecule has 1 amide bonds. The molecule has 0 fully saturated rings. The Balaban J connectivity index is 1.89. The maximum atomic E-state index is 12.7. The highest BCUT2D eigenvalue weighted by Crippen LogP contribution is 2.35. The smallest absolute Gasteiger partial charge is 0.255 e. The average Bonchev–Trinajstić information content (AvgIpc) is 2.90. The first-order valence-electron chi connectivity index (χ1n) is 6.78. The second-order valence-corrected chi connectivity index (χ2v) is 6.31. The van der Waals surface area contributed by atoms with Gasteiger partial charge in [0.2, 0.25) is 0 Å². The van der Waals surface area contributed by atoms with Gasteiger partial charge in [0.15, 0.2) is 0 Å². The summed E-state index contributed by atoms with van der Waals surface area (Å²) in [5.41, 5.74) is 3.47. The van der Waals surface area contributed by atoms with Crippen LogP contribution in [-0.2, 0) is 6.42 Å². The van der Waals surface area contributed by atoms with Gasteiger partial charge in [-0.15, -0.1) is 0 Å². The second-order valence-electron chi connectivity index (χ2n) is 5.15. The lowest BCUT2D eigenvalue weighted by Crippen LogP contribution is -2.30. The molecule has 0 aromatic heterocycles. The van der Waals surface area contributed by atoms with E-state index in [0.717, 1.165) is 22.0 Å². The number of carbonyl (C=O) groups excluding carboxylic acids is 1. The lowest BCUT2D eigenvalue weighted by molar-refractivity contribution is 0.0729. The van der Waals surface area contributed by atoms with Crippen LogP contribution in [-0.4, -0.2) is 17.9 Å². The van der Waals surface area contributed by atoms with Crippen molar-refractivity contribution in [3.8, 4) is 0 Å². The zero-order chi connectivity index (χ0) is 14.1. The highest BCUT2D eigenvalue weighted by molar-refractivity contribution is 14.1. The number of fused-ring (bicyclic) bond motifs is 1. The number of rotatable bonds is 2. The maximum absolute atomic E-state index is 12.7. The van der Waals surface area contributed by atoms with Crippen LogP contribution >= 0.6 is 22.6 Å². The summed E-state index contributed by atoms with van der Waals surface area (Å²) in [6.07, 6.45) is 2.08. The van der Waals surface area contributed by atoms with Gasteiger partial charge < -0.3 is 4.90 Å². The summed E-state index contributed by atoms with van der Waals surface area (Å²) in [6, 6.07) is 16.4. The minimum atomic E-state index is 0.108. The number of halogens is 1. The number of benzene rings is 2. The standard InChI is InChI=1S/C17H16INO/c1-19(17(20)14-8-4-5-9-15(14)18)16-11-10-12-6-2-3-7-13(12)16/h2-9,16H,10-11H2,1H3. The van der Waals surface area contributed by atoms with Crippen molar-refractivity contribution in [2.45, 2.75) is 18.9 Å². The van der Waals surface area contributed by atoms with Crippen LogP contribution in [0.5, 0.6) is 0 Å². The van der Waals surface area contributed by atoms with E-state index in [9.17, 15) is 4.79 Å². The summed E-state index contributed by atoms with van der Waals surface area (Å²) in [6.45, 7) is 0. The molecule has 102 valence electrons. The van der Waals surface area contributed by atoms with Crippen LogP contribution in [0.1, 0.15) is 33.9 Å². The third kappa shape index (κ3) is 2.35. The summed E-state index contributed by atoms with van der Waals surface area (Å²) in [7, 11) is 1.91. The molecule has 0 spiro atoms. The van der Waals surface area contributed by atoms with Crippen LogP contribution in [0, 0.1) is 3.57 Å². The second kappa shape index (κ2) is 5.56. The minimum Gasteiger partial charge on any atom is -0.335 e. The van der Waals surface area contributed by atoms with E-state index in [1.165, 1.54) is 11.1 Å². The zero-order valence-electron chi connectivity index (χ0n) is 11.3. The molecule has 2 aromatic rings. The summed E-state index contributed by atoms with van der Waals surface area (Å²) in [4.78, 5) is 14.6. The van der Waals surface area contributed by atoms with Crippen molar-refractivity contribution < 1.29 is 4.79 Å². The molecule has 3 heteroatoms. The molecule has 1 unspecified atom stereocenters. The Hall–Kier alpha value is -1.36. The SMILES string of the molecule is CN(C(=O)c1ccccc1I)C1CCc2ccccc21. The Labute approximate surface area is 132 Å². The molecule has 20 heavy (non-hydrogen) atoms. The van der Waals surface area contributed by atoms with Gasteiger partial charge >= 0.3 is 0 Å². The predicted molar refractivity (Wildman–Crippen MR) is 88.8 cm³/mol. The molecule has 1 atom stereocenters. The predicted octanol–water partition coefficient (Wildman–Crippen LogP) is 4.05. The molecule has 1 aliphatic rings. The Morgan fingerprint density at radius 3 is 2.65 bits per heavy atom. The molecule has 2 aromatic carbocycles. The highest BCUT2D eigenvalue weighted by Gasteiger charge is 2.29. The number of aryl methyl sites for hydroxylation is 1. The lowest BCUT2D eigenvalue weighted by Gasteiger charge is -2.26. The molecule has 0 bridgehead atoms. The van der Waals surface area contributed by atoms with Gasteiger partial charge in [0, 0.05) is 10.6 Å². The van der Waals surface area contributed by atoms with Crippen molar-refractivity contribution in [1.29, 1.82) is 0 Å². The van der Waals surface area contributed by atoms with Crippen molar-refractivity contribution in [3.63, 3.8) is 0 Å². The van der Waals surface area contributed by atoms with Crippen LogP contribution in [0.25, 0.3) is 0 Å². The van der Waals surface area contributed by atoms with Crippen molar-refractivity contribution >= 4 is 28.5 Å². The van der Waals surface area contributed by atoms with Gasteiger partial charge in [-0.2, -0.15) is 0 Å². The number of nitrogens with zero attached hydrogens (tertiary/aromatic N) is 1. The topological polar surface area (TPSA) is 20.3 Å². The Morgan fingerprint density at radius 2 is 1.85 bits per heavy atom. The van der Waals surface area contributed by atoms with Crippen LogP contribution in [0.15, 0.2) is 48.5 Å². The van der Waals surface area contributed by atoms with Crippen molar-refractivity contribution in [1.82, 2.24) is 4.90 Å². The van der Waals surface area contributed by atoms with Gasteiger partial charge in [-0.3, -0.25) is 4.79 Å². The average molecular weight is 377 g/mol. The molecule has 2 nitrogen and oxygen atoms in total. The van der Waals surface area contributed by atoms with E-state index in [1.807, 2.05) is 36.2 Å². The van der Waals surface area contributed by atoms with Crippen molar-refractivity contribution in [2.75, 3.05) is 7.05 Å². The fraction of sp³-hybridized carbons (Fsp3) is 0.235. The van der Waals surface area contributed by atoms with Crippen LogP contribution in [0.2, 0.25) is 0 Å². The first-order valence-corrected chi connectivity index (χ1v) is 7.86. The number of hydrogen-bond acceptors (Lipinski definition) is 1. The molecular weight excluding hydrogens is 361 g/mol. The van der Waals surface area contributed by atoms with E-state index in [-0.39, 0.29) is 11.9 Å². The fourth-order valence-corrected chi connectivity index (χ4v) is 3.52. The quantitative estimate of drug-likeness (QED) is 0.724. The molecule has 0 aliphatic heterocycles. The first-order chi connectivity index (χ1) is 9.68. The van der Waals surface area contributed by atoms with E-state index < -0.39 is 0 Å². The summed E-state index contributed by atoms with van der Waals surface area (Å²) < 4.78 is 1.01. The largest absolute Gasteiger partial charge is 0.335 e. The van der Waals surface area contributed by atoms with Gasteiger partial charge in [0.05, 0.1) is 11.6 Å². The first kappa shape index (κ1) is 13.6. The third-order valence-electron chi connectivity index (χ3n) is 3.99. The van der Waals surface area contributed by atoms with Gasteiger partial charge in [-0.25, -0.2) is 0 Å². The molecule has 0 N–H and O–H groups in total. The lowest BCUT2D eigenvalue weighted by atomic mass is 10.1. The monoisotopic (exact) mass is 377 g/mol. The van der Waals surface area contributed by atoms with E-state index in [0.29, 0.717) is 0 Å². The summed E-state index contributed by atoms with van der Waals surface area (Å²) >= 11 is 2.22. The van der Waals surface area contributed by atoms with Gasteiger partial charge in [-0.1, -0.05) is 36.4 Å². The highest BCUT2D eigenvalue weighted by atomic mass is 127. The van der Waals surface area contributed by atoms with Gasteiger partial charge in [0.1, 0.15) is 0 Å². The number of carbonyl (C=O) groups is 1. The van der Waals surface area contributed by atoms with E-state index >= 15 is 0 Å². The van der Waals surface area contributed by atoms with Crippen molar-refractivity contribution in [3.05, 3.63) is 68.8 Å². The van der Waals surface area contributed by atoms with E-state index in [1.54, 1.807) is 0 Å². The van der Waals surface area contributed by atoms with Crippen LogP contribution < -0.4 is 0 Å². The normalized spacial score (nSPS) is 16.8. The van der Waals surface area contributed by atoms with Crippen LogP contribution in [0.3, 0.4) is 0 Å². The third-order valence-corrected chi connectivity index (χ3v) is 4.93. The van der Waals surface area contributed by atoms with Gasteiger partial charge in [0.25, 0.3) is 5.91 Å². The molecule has 0 saturated heterocycles. The Morgan fingerprint density at radius 1 is 1.15 bits per heavy atom. The Bertz CT molecular complexity index is 653. The van der Waals surface area contributed by atoms with E-state index in [2.05, 4.69) is 46.9 Å². The van der Waals surface area contributed by atoms with Crippen LogP contribution in [0.4, 0.5) is 0 Å². The molecule has 3 rings (SSSR count). The Kier molecular flexibility index (Phi) is 3.78. The summed E-state index contributed by atoms with van der Waals surface area (Å²) in [5.74, 6) is 0.108. The molecule has 0 heterocycles. The molecule has 0 radical (unpaired) electrons.